The van der Waals surface area contributed by atoms with Gasteiger partial charge in [-0.15, -0.1) is 0 Å². The molecule has 2 saturated heterocycles. The van der Waals surface area contributed by atoms with E-state index in [2.05, 4.69) is 38.5 Å². The first-order valence-corrected chi connectivity index (χ1v) is 13.9. The van der Waals surface area contributed by atoms with Gasteiger partial charge in [-0.25, -0.2) is 14.4 Å². The summed E-state index contributed by atoms with van der Waals surface area (Å²) in [5, 5.41) is 0.677. The fourth-order valence-corrected chi connectivity index (χ4v) is 6.14. The van der Waals surface area contributed by atoms with Gasteiger partial charge in [-0.05, 0) is 43.9 Å². The fourth-order valence-electron chi connectivity index (χ4n) is 6.01. The van der Waals surface area contributed by atoms with E-state index < -0.39 is 6.17 Å². The standard InChI is InChI=1S/C28H38ClFN6O/c1-19(2)34-10-8-33(9-11-34)17-23(21-4-6-22(29)7-5-21)28(37)36-14-12-35(13-15-36)27-25-20(3)16-24(30)26(25)31-18-32-27/h4-7,18-20,23-24H,8-17H2,1-3H3/t20-,23?,24+/m1/s1. The van der Waals surface area contributed by atoms with Crippen molar-refractivity contribution in [1.29, 1.82) is 0 Å². The Labute approximate surface area is 224 Å². The van der Waals surface area contributed by atoms with Gasteiger partial charge in [-0.2, -0.15) is 0 Å². The maximum atomic E-state index is 14.4. The molecule has 2 aliphatic heterocycles. The highest BCUT2D eigenvalue weighted by atomic mass is 35.5. The molecule has 3 atom stereocenters. The van der Waals surface area contributed by atoms with Gasteiger partial charge in [0.1, 0.15) is 18.3 Å². The number of carbonyl (C=O) groups is 1. The lowest BCUT2D eigenvalue weighted by molar-refractivity contribution is -0.133. The van der Waals surface area contributed by atoms with Crippen molar-refractivity contribution >= 4 is 23.3 Å². The largest absolute Gasteiger partial charge is 0.353 e. The molecule has 1 unspecified atom stereocenters. The average molecular weight is 529 g/mol. The van der Waals surface area contributed by atoms with Gasteiger partial charge >= 0.3 is 0 Å². The van der Waals surface area contributed by atoms with Crippen LogP contribution in [0.25, 0.3) is 0 Å². The van der Waals surface area contributed by atoms with Crippen molar-refractivity contribution in [2.45, 2.75) is 51.2 Å². The second-order valence-electron chi connectivity index (χ2n) is 10.9. The molecule has 9 heteroatoms. The molecule has 1 amide bonds. The lowest BCUT2D eigenvalue weighted by atomic mass is 9.96. The third-order valence-corrected chi connectivity index (χ3v) is 8.53. The Hall–Kier alpha value is -2.29. The smallest absolute Gasteiger partial charge is 0.231 e. The zero-order valence-corrected chi connectivity index (χ0v) is 22.9. The van der Waals surface area contributed by atoms with E-state index in [1.54, 1.807) is 0 Å². The number of nitrogens with zero attached hydrogens (tertiary/aromatic N) is 6. The Balaban J connectivity index is 1.28. The highest BCUT2D eigenvalue weighted by Crippen LogP contribution is 2.44. The van der Waals surface area contributed by atoms with Crippen LogP contribution in [0.3, 0.4) is 0 Å². The van der Waals surface area contributed by atoms with Crippen molar-refractivity contribution < 1.29 is 9.18 Å². The molecule has 0 spiro atoms. The van der Waals surface area contributed by atoms with E-state index in [-0.39, 0.29) is 17.7 Å². The van der Waals surface area contributed by atoms with Gasteiger partial charge in [-0.1, -0.05) is 30.7 Å². The first-order valence-electron chi connectivity index (χ1n) is 13.6. The molecule has 0 bridgehead atoms. The molecule has 0 radical (unpaired) electrons. The van der Waals surface area contributed by atoms with Crippen LogP contribution < -0.4 is 4.90 Å². The van der Waals surface area contributed by atoms with E-state index in [0.717, 1.165) is 43.1 Å². The van der Waals surface area contributed by atoms with E-state index >= 15 is 0 Å². The van der Waals surface area contributed by atoms with Crippen molar-refractivity contribution in [3.8, 4) is 0 Å². The number of rotatable bonds is 6. The minimum atomic E-state index is -1.02. The molecule has 37 heavy (non-hydrogen) atoms. The van der Waals surface area contributed by atoms with Gasteiger partial charge in [0.05, 0.1) is 11.6 Å². The summed E-state index contributed by atoms with van der Waals surface area (Å²) >= 11 is 6.17. The van der Waals surface area contributed by atoms with Crippen LogP contribution in [-0.4, -0.2) is 95.5 Å². The fraction of sp³-hybridized carbons (Fsp3) is 0.607. The second kappa shape index (κ2) is 11.2. The van der Waals surface area contributed by atoms with Crippen molar-refractivity contribution in [2.75, 3.05) is 63.8 Å². The Bertz CT molecular complexity index is 1080. The Morgan fingerprint density at radius 1 is 1.03 bits per heavy atom. The molecule has 0 saturated carbocycles. The van der Waals surface area contributed by atoms with Crippen LogP contribution in [0.15, 0.2) is 30.6 Å². The molecule has 3 aliphatic rings. The number of alkyl halides is 1. The molecule has 2 fully saturated rings. The average Bonchev–Trinajstić information content (AvgIpc) is 3.21. The zero-order valence-electron chi connectivity index (χ0n) is 22.1. The van der Waals surface area contributed by atoms with Crippen LogP contribution in [0.5, 0.6) is 0 Å². The summed E-state index contributed by atoms with van der Waals surface area (Å²) in [7, 11) is 0. The molecule has 5 rings (SSSR count). The third-order valence-electron chi connectivity index (χ3n) is 8.28. The normalized spacial score (nSPS) is 23.9. The summed E-state index contributed by atoms with van der Waals surface area (Å²) in [6, 6.07) is 8.28. The van der Waals surface area contributed by atoms with Crippen LogP contribution in [0.2, 0.25) is 5.02 Å². The van der Waals surface area contributed by atoms with Gasteiger partial charge in [0.25, 0.3) is 0 Å². The van der Waals surface area contributed by atoms with Crippen molar-refractivity contribution in [1.82, 2.24) is 24.7 Å². The van der Waals surface area contributed by atoms with Gasteiger partial charge in [-0.3, -0.25) is 14.6 Å². The Kier molecular flexibility index (Phi) is 7.98. The van der Waals surface area contributed by atoms with Gasteiger partial charge < -0.3 is 9.80 Å². The predicted octanol–water partition coefficient (Wildman–Crippen LogP) is 4.11. The van der Waals surface area contributed by atoms with E-state index in [1.165, 1.54) is 6.33 Å². The van der Waals surface area contributed by atoms with Crippen LogP contribution in [-0.2, 0) is 4.79 Å². The molecule has 2 aromatic rings. The molecule has 3 heterocycles. The second-order valence-corrected chi connectivity index (χ2v) is 11.4. The molecule has 1 aromatic carbocycles. The summed E-state index contributed by atoms with van der Waals surface area (Å²) < 4.78 is 14.4. The highest BCUT2D eigenvalue weighted by Gasteiger charge is 2.36. The minimum Gasteiger partial charge on any atom is -0.353 e. The molecule has 0 N–H and O–H groups in total. The summed E-state index contributed by atoms with van der Waals surface area (Å²) in [5.74, 6) is 0.872. The van der Waals surface area contributed by atoms with Crippen LogP contribution >= 0.6 is 11.6 Å². The van der Waals surface area contributed by atoms with E-state index in [1.807, 2.05) is 36.1 Å². The maximum Gasteiger partial charge on any atom is 0.231 e. The van der Waals surface area contributed by atoms with Crippen LogP contribution in [0.4, 0.5) is 10.2 Å². The number of anilines is 1. The van der Waals surface area contributed by atoms with E-state index in [4.69, 9.17) is 11.6 Å². The quantitative estimate of drug-likeness (QED) is 0.562. The molecule has 7 nitrogen and oxygen atoms in total. The first-order chi connectivity index (χ1) is 17.8. The van der Waals surface area contributed by atoms with Crippen molar-refractivity contribution in [2.24, 2.45) is 0 Å². The summed E-state index contributed by atoms with van der Waals surface area (Å²) in [6.45, 7) is 13.8. The maximum absolute atomic E-state index is 14.4. The van der Waals surface area contributed by atoms with Gasteiger partial charge in [0.2, 0.25) is 5.91 Å². The summed E-state index contributed by atoms with van der Waals surface area (Å²) in [5.41, 5.74) is 2.49. The highest BCUT2D eigenvalue weighted by molar-refractivity contribution is 6.30. The van der Waals surface area contributed by atoms with Gasteiger partial charge in [0.15, 0.2) is 0 Å². The number of carbonyl (C=O) groups excluding carboxylic acids is 1. The molecular weight excluding hydrogens is 491 g/mol. The zero-order chi connectivity index (χ0) is 26.1. The lowest BCUT2D eigenvalue weighted by Crippen LogP contribution is -2.53. The molecule has 1 aromatic heterocycles. The number of hydrogen-bond donors (Lipinski definition) is 0. The number of hydrogen-bond acceptors (Lipinski definition) is 6. The molecular formula is C28H38ClFN6O. The number of aromatic nitrogens is 2. The summed E-state index contributed by atoms with van der Waals surface area (Å²) in [4.78, 5) is 31.8. The lowest BCUT2D eigenvalue weighted by Gasteiger charge is -2.40. The number of piperazine rings is 2. The van der Waals surface area contributed by atoms with Crippen LogP contribution in [0.1, 0.15) is 62.0 Å². The number of halogens is 2. The van der Waals surface area contributed by atoms with Crippen molar-refractivity contribution in [3.63, 3.8) is 0 Å². The number of fused-ring (bicyclic) bond motifs is 1. The SMILES string of the molecule is CC(C)N1CCN(CC(C(=O)N2CCN(c3ncnc4c3[C@H](C)C[C@@H]4F)CC2)c2ccc(Cl)cc2)CC1. The van der Waals surface area contributed by atoms with E-state index in [9.17, 15) is 9.18 Å². The summed E-state index contributed by atoms with van der Waals surface area (Å²) in [6.07, 6.45) is 0.928. The first kappa shape index (κ1) is 26.3. The minimum absolute atomic E-state index is 0.103. The topological polar surface area (TPSA) is 55.8 Å². The van der Waals surface area contributed by atoms with Crippen LogP contribution in [0, 0.1) is 0 Å². The Morgan fingerprint density at radius 2 is 1.70 bits per heavy atom. The van der Waals surface area contributed by atoms with E-state index in [0.29, 0.717) is 55.9 Å². The number of benzene rings is 1. The molecule has 200 valence electrons. The third kappa shape index (κ3) is 5.61. The number of amides is 1. The Morgan fingerprint density at radius 3 is 2.35 bits per heavy atom. The monoisotopic (exact) mass is 528 g/mol. The van der Waals surface area contributed by atoms with Crippen molar-refractivity contribution in [3.05, 3.63) is 52.4 Å². The predicted molar refractivity (Wildman–Crippen MR) is 145 cm³/mol. The van der Waals surface area contributed by atoms with Gasteiger partial charge in [0, 0.05) is 75.5 Å². The molecule has 1 aliphatic carbocycles.